The number of hydrogen-bond donors (Lipinski definition) is 1. The minimum absolute atomic E-state index is 0.0178. The van der Waals surface area contributed by atoms with E-state index in [-0.39, 0.29) is 11.9 Å². The SMILES string of the molecule is Cc1cc(C(=O)N2CCN(C(=O)NC3CCCCC3)CC2)c2ccccc2n1. The molecular weight excluding hydrogens is 352 g/mol. The van der Waals surface area contributed by atoms with Gasteiger partial charge in [-0.05, 0) is 31.9 Å². The Labute approximate surface area is 165 Å². The highest BCUT2D eigenvalue weighted by atomic mass is 16.2. The van der Waals surface area contributed by atoms with Crippen LogP contribution in [0.3, 0.4) is 0 Å². The van der Waals surface area contributed by atoms with Gasteiger partial charge < -0.3 is 15.1 Å². The molecule has 28 heavy (non-hydrogen) atoms. The first-order chi connectivity index (χ1) is 13.6. The number of urea groups is 1. The Hall–Kier alpha value is -2.63. The number of para-hydroxylation sites is 1. The van der Waals surface area contributed by atoms with Crippen LogP contribution in [0.1, 0.15) is 48.2 Å². The van der Waals surface area contributed by atoms with E-state index >= 15 is 0 Å². The molecule has 1 aromatic heterocycles. The number of carbonyl (C=O) groups is 2. The van der Waals surface area contributed by atoms with Crippen LogP contribution in [0.25, 0.3) is 10.9 Å². The molecule has 2 heterocycles. The number of pyridine rings is 1. The number of amides is 3. The highest BCUT2D eigenvalue weighted by molar-refractivity contribution is 6.06. The number of benzene rings is 1. The summed E-state index contributed by atoms with van der Waals surface area (Å²) in [5, 5.41) is 4.06. The van der Waals surface area contributed by atoms with Crippen LogP contribution in [0.2, 0.25) is 0 Å². The van der Waals surface area contributed by atoms with Crippen molar-refractivity contribution in [2.45, 2.75) is 45.1 Å². The predicted octanol–water partition coefficient (Wildman–Crippen LogP) is 3.34. The lowest BCUT2D eigenvalue weighted by Crippen LogP contribution is -2.54. The van der Waals surface area contributed by atoms with Gasteiger partial charge in [0, 0.05) is 43.3 Å². The van der Waals surface area contributed by atoms with Crippen molar-refractivity contribution in [3.63, 3.8) is 0 Å². The second-order valence-electron chi connectivity index (χ2n) is 7.89. The molecule has 0 unspecified atom stereocenters. The Bertz CT molecular complexity index is 868. The molecule has 1 aliphatic heterocycles. The highest BCUT2D eigenvalue weighted by Crippen LogP contribution is 2.21. The molecule has 0 atom stereocenters. The molecule has 0 bridgehead atoms. The van der Waals surface area contributed by atoms with Crippen molar-refractivity contribution in [2.24, 2.45) is 0 Å². The standard InChI is InChI=1S/C22H28N4O2/c1-16-15-19(18-9-5-6-10-20(18)23-16)21(27)25-11-13-26(14-12-25)22(28)24-17-7-3-2-4-8-17/h5-6,9-10,15,17H,2-4,7-8,11-14H2,1H3,(H,24,28). The van der Waals surface area contributed by atoms with E-state index in [1.807, 2.05) is 47.1 Å². The van der Waals surface area contributed by atoms with Crippen LogP contribution < -0.4 is 5.32 Å². The number of aromatic nitrogens is 1. The number of hydrogen-bond acceptors (Lipinski definition) is 3. The summed E-state index contributed by atoms with van der Waals surface area (Å²) in [6, 6.07) is 9.95. The molecule has 1 saturated carbocycles. The zero-order chi connectivity index (χ0) is 19.5. The summed E-state index contributed by atoms with van der Waals surface area (Å²) in [4.78, 5) is 33.9. The first-order valence-electron chi connectivity index (χ1n) is 10.3. The third kappa shape index (κ3) is 3.96. The summed E-state index contributed by atoms with van der Waals surface area (Å²) in [7, 11) is 0. The molecule has 0 spiro atoms. The molecule has 1 aliphatic carbocycles. The zero-order valence-electron chi connectivity index (χ0n) is 16.5. The lowest BCUT2D eigenvalue weighted by Gasteiger charge is -2.36. The minimum Gasteiger partial charge on any atom is -0.335 e. The average molecular weight is 380 g/mol. The van der Waals surface area contributed by atoms with Crippen LogP contribution in [-0.2, 0) is 0 Å². The Morgan fingerprint density at radius 3 is 2.43 bits per heavy atom. The maximum Gasteiger partial charge on any atom is 0.317 e. The number of rotatable bonds is 2. The van der Waals surface area contributed by atoms with Crippen molar-refractivity contribution < 1.29 is 9.59 Å². The van der Waals surface area contributed by atoms with E-state index in [1.165, 1.54) is 19.3 Å². The van der Waals surface area contributed by atoms with Crippen molar-refractivity contribution >= 4 is 22.8 Å². The lowest BCUT2D eigenvalue weighted by atomic mass is 9.96. The van der Waals surface area contributed by atoms with Gasteiger partial charge in [-0.1, -0.05) is 37.5 Å². The molecule has 2 aromatic rings. The summed E-state index contributed by atoms with van der Waals surface area (Å²) >= 11 is 0. The van der Waals surface area contributed by atoms with Gasteiger partial charge in [0.05, 0.1) is 11.1 Å². The van der Waals surface area contributed by atoms with E-state index in [4.69, 9.17) is 0 Å². The topological polar surface area (TPSA) is 65.5 Å². The number of aryl methyl sites for hydroxylation is 1. The van der Waals surface area contributed by atoms with Crippen molar-refractivity contribution in [3.8, 4) is 0 Å². The number of nitrogens with one attached hydrogen (secondary N) is 1. The molecule has 2 fully saturated rings. The van der Waals surface area contributed by atoms with Gasteiger partial charge in [-0.15, -0.1) is 0 Å². The monoisotopic (exact) mass is 380 g/mol. The smallest absolute Gasteiger partial charge is 0.317 e. The molecule has 3 amide bonds. The maximum absolute atomic E-state index is 13.1. The van der Waals surface area contributed by atoms with Crippen LogP contribution in [0.15, 0.2) is 30.3 Å². The second-order valence-corrected chi connectivity index (χ2v) is 7.89. The lowest BCUT2D eigenvalue weighted by molar-refractivity contribution is 0.0664. The average Bonchev–Trinajstić information content (AvgIpc) is 2.73. The zero-order valence-corrected chi connectivity index (χ0v) is 16.5. The molecule has 1 aromatic carbocycles. The summed E-state index contributed by atoms with van der Waals surface area (Å²) in [6.45, 7) is 4.19. The highest BCUT2D eigenvalue weighted by Gasteiger charge is 2.27. The quantitative estimate of drug-likeness (QED) is 0.869. The molecule has 6 nitrogen and oxygen atoms in total. The molecule has 148 valence electrons. The maximum atomic E-state index is 13.1. The van der Waals surface area contributed by atoms with E-state index in [0.717, 1.165) is 29.4 Å². The van der Waals surface area contributed by atoms with Crippen LogP contribution in [0, 0.1) is 6.92 Å². The van der Waals surface area contributed by atoms with E-state index in [9.17, 15) is 9.59 Å². The van der Waals surface area contributed by atoms with Gasteiger partial charge in [0.1, 0.15) is 0 Å². The molecular formula is C22H28N4O2. The molecule has 2 aliphatic rings. The summed E-state index contributed by atoms with van der Waals surface area (Å²) in [6.07, 6.45) is 5.84. The van der Waals surface area contributed by atoms with Gasteiger partial charge in [0.15, 0.2) is 0 Å². The normalized spacial score (nSPS) is 18.3. The van der Waals surface area contributed by atoms with Gasteiger partial charge in [-0.2, -0.15) is 0 Å². The minimum atomic E-state index is 0.0178. The predicted molar refractivity (Wildman–Crippen MR) is 109 cm³/mol. The van der Waals surface area contributed by atoms with E-state index < -0.39 is 0 Å². The summed E-state index contributed by atoms with van der Waals surface area (Å²) in [5.74, 6) is 0.0223. The van der Waals surface area contributed by atoms with Crippen LogP contribution in [0.4, 0.5) is 4.79 Å². The third-order valence-electron chi connectivity index (χ3n) is 5.86. The van der Waals surface area contributed by atoms with Crippen molar-refractivity contribution in [3.05, 3.63) is 41.6 Å². The van der Waals surface area contributed by atoms with Crippen molar-refractivity contribution in [2.75, 3.05) is 26.2 Å². The molecule has 0 radical (unpaired) electrons. The third-order valence-corrected chi connectivity index (χ3v) is 5.86. The van der Waals surface area contributed by atoms with Crippen LogP contribution in [0.5, 0.6) is 0 Å². The first kappa shape index (κ1) is 18.7. The largest absolute Gasteiger partial charge is 0.335 e. The first-order valence-corrected chi connectivity index (χ1v) is 10.3. The fraction of sp³-hybridized carbons (Fsp3) is 0.500. The number of carbonyl (C=O) groups excluding carboxylic acids is 2. The van der Waals surface area contributed by atoms with Gasteiger partial charge in [0.2, 0.25) is 0 Å². The Morgan fingerprint density at radius 2 is 1.68 bits per heavy atom. The van der Waals surface area contributed by atoms with E-state index in [2.05, 4.69) is 10.3 Å². The van der Waals surface area contributed by atoms with Gasteiger partial charge in [-0.3, -0.25) is 9.78 Å². The number of fused-ring (bicyclic) bond motifs is 1. The van der Waals surface area contributed by atoms with Crippen molar-refractivity contribution in [1.29, 1.82) is 0 Å². The van der Waals surface area contributed by atoms with E-state index in [0.29, 0.717) is 37.8 Å². The fourth-order valence-corrected chi connectivity index (χ4v) is 4.28. The van der Waals surface area contributed by atoms with Crippen LogP contribution >= 0.6 is 0 Å². The van der Waals surface area contributed by atoms with Crippen molar-refractivity contribution in [1.82, 2.24) is 20.1 Å². The van der Waals surface area contributed by atoms with Gasteiger partial charge >= 0.3 is 6.03 Å². The summed E-state index contributed by atoms with van der Waals surface area (Å²) < 4.78 is 0. The molecule has 1 saturated heterocycles. The Kier molecular flexibility index (Phi) is 5.46. The van der Waals surface area contributed by atoms with E-state index in [1.54, 1.807) is 0 Å². The molecule has 4 rings (SSSR count). The van der Waals surface area contributed by atoms with Gasteiger partial charge in [0.25, 0.3) is 5.91 Å². The van der Waals surface area contributed by atoms with Crippen LogP contribution in [-0.4, -0.2) is 58.9 Å². The molecule has 6 heteroatoms. The Morgan fingerprint density at radius 1 is 1.00 bits per heavy atom. The number of nitrogens with zero attached hydrogens (tertiary/aromatic N) is 3. The fourth-order valence-electron chi connectivity index (χ4n) is 4.28. The second kappa shape index (κ2) is 8.17. The summed E-state index contributed by atoms with van der Waals surface area (Å²) in [5.41, 5.74) is 2.38. The molecule has 1 N–H and O–H groups in total. The van der Waals surface area contributed by atoms with Gasteiger partial charge in [-0.25, -0.2) is 4.79 Å². The number of piperazine rings is 1. The Balaban J connectivity index is 1.40.